The van der Waals surface area contributed by atoms with Crippen LogP contribution in [0.1, 0.15) is 12.1 Å². The predicted octanol–water partition coefficient (Wildman–Crippen LogP) is 3.71. The third kappa shape index (κ3) is 6.69. The van der Waals surface area contributed by atoms with E-state index in [1.165, 1.54) is 6.33 Å². The second-order valence-corrected chi connectivity index (χ2v) is 8.85. The number of hydrogen-bond acceptors (Lipinski definition) is 6. The first kappa shape index (κ1) is 24.5. The van der Waals surface area contributed by atoms with Crippen LogP contribution in [0.4, 0.5) is 5.82 Å². The van der Waals surface area contributed by atoms with Gasteiger partial charge in [0.25, 0.3) is 0 Å². The molecular formula is C26H27ClN6O2. The summed E-state index contributed by atoms with van der Waals surface area (Å²) in [5.41, 5.74) is 1.36. The van der Waals surface area contributed by atoms with Gasteiger partial charge >= 0.3 is 0 Å². The number of halogens is 1. The lowest BCUT2D eigenvalue weighted by Gasteiger charge is -2.13. The Balaban J connectivity index is 1.37. The zero-order valence-electron chi connectivity index (χ0n) is 19.7. The normalized spacial score (nSPS) is 15.9. The molecular weight excluding hydrogens is 464 g/mol. The van der Waals surface area contributed by atoms with Crippen LogP contribution < -0.4 is 4.74 Å². The minimum absolute atomic E-state index is 0.0412. The number of carbonyl (C=O) groups is 1. The molecule has 1 aliphatic heterocycles. The van der Waals surface area contributed by atoms with Gasteiger partial charge in [-0.05, 0) is 44.6 Å². The molecule has 1 fully saturated rings. The van der Waals surface area contributed by atoms with Crippen LogP contribution >= 0.6 is 11.6 Å². The molecule has 0 spiro atoms. The number of benzene rings is 1. The third-order valence-corrected chi connectivity index (χ3v) is 5.75. The molecule has 2 aromatic heterocycles. The number of aromatic nitrogens is 3. The van der Waals surface area contributed by atoms with Crippen molar-refractivity contribution in [2.75, 3.05) is 40.3 Å². The first-order valence-corrected chi connectivity index (χ1v) is 11.7. The number of likely N-dealkylation sites (N-methyl/N-ethyl adjacent to an activating group) is 1. The number of carbonyl (C=O) groups excluding carboxylic acids is 1. The number of para-hydroxylation sites is 1. The maximum absolute atomic E-state index is 12.4. The van der Waals surface area contributed by atoms with Crippen LogP contribution in [0.2, 0.25) is 5.02 Å². The zero-order valence-corrected chi connectivity index (χ0v) is 20.5. The Bertz CT molecular complexity index is 1300. The fraction of sp³-hybridized carbons (Fsp3) is 0.308. The molecule has 0 aliphatic carbocycles. The van der Waals surface area contributed by atoms with Crippen LogP contribution in [0.3, 0.4) is 0 Å². The number of fused-ring (bicyclic) bond motifs is 1. The number of ether oxygens (including phenoxy) is 1. The summed E-state index contributed by atoms with van der Waals surface area (Å²) in [6.07, 6.45) is 7.77. The van der Waals surface area contributed by atoms with Gasteiger partial charge in [0, 0.05) is 37.8 Å². The van der Waals surface area contributed by atoms with Gasteiger partial charge in [-0.2, -0.15) is 0 Å². The van der Waals surface area contributed by atoms with Gasteiger partial charge in [0.15, 0.2) is 5.82 Å². The average molecular weight is 491 g/mol. The molecule has 1 saturated heterocycles. The molecule has 3 heterocycles. The van der Waals surface area contributed by atoms with Crippen LogP contribution in [0.5, 0.6) is 5.75 Å². The van der Waals surface area contributed by atoms with E-state index in [0.717, 1.165) is 24.9 Å². The number of H-pyrrole nitrogens is 1. The van der Waals surface area contributed by atoms with Gasteiger partial charge in [-0.1, -0.05) is 35.7 Å². The maximum Gasteiger partial charge on any atom is 0.246 e. The monoisotopic (exact) mass is 490 g/mol. The van der Waals surface area contributed by atoms with E-state index in [1.807, 2.05) is 54.4 Å². The average Bonchev–Trinajstić information content (AvgIpc) is 3.48. The van der Waals surface area contributed by atoms with Gasteiger partial charge in [0.1, 0.15) is 24.3 Å². The van der Waals surface area contributed by atoms with Gasteiger partial charge in [0.2, 0.25) is 5.91 Å². The van der Waals surface area contributed by atoms with Gasteiger partial charge in [0.05, 0.1) is 16.1 Å². The summed E-state index contributed by atoms with van der Waals surface area (Å²) in [6.45, 7) is 2.32. The van der Waals surface area contributed by atoms with Crippen molar-refractivity contribution in [1.82, 2.24) is 24.8 Å². The van der Waals surface area contributed by atoms with E-state index in [9.17, 15) is 4.79 Å². The topological polar surface area (TPSA) is 86.7 Å². The highest BCUT2D eigenvalue weighted by atomic mass is 35.5. The van der Waals surface area contributed by atoms with Crippen molar-refractivity contribution in [3.05, 3.63) is 59.5 Å². The standard InChI is InChI=1S/C26H27ClN6O2/c1-32(2)12-5-10-24(34)33-13-11-19(17-33)16-28-25-21-15-20(31-26(21)30-18-29-25)7-6-14-35-23-9-4-3-8-22(23)27/h3-5,8-10,15-16,18-19H,11-14,17H2,1-2H3,(H,29,30,31)/b10-5+,28-16+. The third-order valence-electron chi connectivity index (χ3n) is 5.44. The number of aromatic amines is 1. The molecule has 4 rings (SSSR count). The first-order valence-electron chi connectivity index (χ1n) is 11.3. The fourth-order valence-corrected chi connectivity index (χ4v) is 3.85. The SMILES string of the molecule is CN(C)C/C=C/C(=O)N1CCC(/C=N/c2ncnc3[nH]c(C#CCOc4ccccc4Cl)cc23)C1. The number of rotatable bonds is 7. The lowest BCUT2D eigenvalue weighted by atomic mass is 10.1. The Hall–Kier alpha value is -3.67. The molecule has 9 heteroatoms. The highest BCUT2D eigenvalue weighted by molar-refractivity contribution is 6.32. The van der Waals surface area contributed by atoms with Crippen molar-refractivity contribution >= 4 is 40.6 Å². The number of hydrogen-bond donors (Lipinski definition) is 1. The van der Waals surface area contributed by atoms with Gasteiger partial charge in [-0.25, -0.2) is 15.0 Å². The van der Waals surface area contributed by atoms with Crippen molar-refractivity contribution in [1.29, 1.82) is 0 Å². The Kier molecular flexibility index (Phi) is 8.14. The summed E-state index contributed by atoms with van der Waals surface area (Å²) in [5.74, 6) is 7.42. The van der Waals surface area contributed by atoms with Crippen molar-refractivity contribution in [3.8, 4) is 17.6 Å². The Morgan fingerprint density at radius 1 is 1.37 bits per heavy atom. The van der Waals surface area contributed by atoms with Gasteiger partial charge < -0.3 is 19.5 Å². The van der Waals surface area contributed by atoms with Crippen molar-refractivity contribution in [3.63, 3.8) is 0 Å². The lowest BCUT2D eigenvalue weighted by molar-refractivity contribution is -0.125. The van der Waals surface area contributed by atoms with Crippen LogP contribution in [-0.2, 0) is 4.79 Å². The number of likely N-dealkylation sites (tertiary alicyclic amines) is 1. The molecule has 1 aliphatic rings. The maximum atomic E-state index is 12.4. The van der Waals surface area contributed by atoms with E-state index in [4.69, 9.17) is 16.3 Å². The summed E-state index contributed by atoms with van der Waals surface area (Å²) < 4.78 is 5.60. The quantitative estimate of drug-likeness (QED) is 0.310. The molecule has 8 nitrogen and oxygen atoms in total. The summed E-state index contributed by atoms with van der Waals surface area (Å²) in [7, 11) is 3.94. The Morgan fingerprint density at radius 3 is 3.06 bits per heavy atom. The molecule has 3 aromatic rings. The fourth-order valence-electron chi connectivity index (χ4n) is 3.66. The lowest BCUT2D eigenvalue weighted by Crippen LogP contribution is -2.27. The predicted molar refractivity (Wildman–Crippen MR) is 138 cm³/mol. The minimum atomic E-state index is 0.0412. The van der Waals surface area contributed by atoms with E-state index in [0.29, 0.717) is 34.5 Å². The number of amides is 1. The number of nitrogens with one attached hydrogen (secondary N) is 1. The van der Waals surface area contributed by atoms with Crippen LogP contribution in [0.25, 0.3) is 11.0 Å². The Morgan fingerprint density at radius 2 is 2.23 bits per heavy atom. The van der Waals surface area contributed by atoms with Crippen molar-refractivity contribution in [2.45, 2.75) is 6.42 Å². The van der Waals surface area contributed by atoms with Crippen LogP contribution in [-0.4, -0.2) is 77.2 Å². The summed E-state index contributed by atoms with van der Waals surface area (Å²) >= 11 is 6.09. The molecule has 1 amide bonds. The summed E-state index contributed by atoms with van der Waals surface area (Å²) in [4.78, 5) is 32.6. The molecule has 0 radical (unpaired) electrons. The van der Waals surface area contributed by atoms with Crippen LogP contribution in [0.15, 0.2) is 53.8 Å². The molecule has 1 atom stereocenters. The molecule has 1 N–H and O–H groups in total. The largest absolute Gasteiger partial charge is 0.479 e. The van der Waals surface area contributed by atoms with E-state index in [-0.39, 0.29) is 18.4 Å². The molecule has 35 heavy (non-hydrogen) atoms. The number of nitrogens with zero attached hydrogens (tertiary/aromatic N) is 5. The van der Waals surface area contributed by atoms with E-state index in [1.54, 1.807) is 18.2 Å². The highest BCUT2D eigenvalue weighted by Crippen LogP contribution is 2.24. The second kappa shape index (κ2) is 11.6. The highest BCUT2D eigenvalue weighted by Gasteiger charge is 2.23. The first-order chi connectivity index (χ1) is 17.0. The second-order valence-electron chi connectivity index (χ2n) is 8.44. The van der Waals surface area contributed by atoms with E-state index in [2.05, 4.69) is 31.8 Å². The van der Waals surface area contributed by atoms with Crippen LogP contribution in [0, 0.1) is 17.8 Å². The number of aliphatic imine (C=N–C) groups is 1. The molecule has 0 bridgehead atoms. The Labute approximate surface area is 209 Å². The zero-order chi connectivity index (χ0) is 24.6. The smallest absolute Gasteiger partial charge is 0.246 e. The van der Waals surface area contributed by atoms with Crippen molar-refractivity contribution in [2.24, 2.45) is 10.9 Å². The van der Waals surface area contributed by atoms with E-state index >= 15 is 0 Å². The molecule has 1 aromatic carbocycles. The molecule has 180 valence electrons. The van der Waals surface area contributed by atoms with Crippen molar-refractivity contribution < 1.29 is 9.53 Å². The molecule has 0 saturated carbocycles. The minimum Gasteiger partial charge on any atom is -0.479 e. The summed E-state index contributed by atoms with van der Waals surface area (Å²) in [5, 5.41) is 1.34. The van der Waals surface area contributed by atoms with Gasteiger partial charge in [-0.3, -0.25) is 4.79 Å². The van der Waals surface area contributed by atoms with E-state index < -0.39 is 0 Å². The molecule has 1 unspecified atom stereocenters. The van der Waals surface area contributed by atoms with Gasteiger partial charge in [-0.15, -0.1) is 0 Å². The summed E-state index contributed by atoms with van der Waals surface area (Å²) in [6, 6.07) is 9.16.